The number of benzene rings is 2. The van der Waals surface area contributed by atoms with Gasteiger partial charge in [-0.05, 0) is 43.4 Å². The van der Waals surface area contributed by atoms with Gasteiger partial charge in [-0.1, -0.05) is 31.3 Å². The molecule has 0 saturated heterocycles. The van der Waals surface area contributed by atoms with Gasteiger partial charge in [0, 0.05) is 18.7 Å². The zero-order valence-corrected chi connectivity index (χ0v) is 18.9. The molecule has 6 nitrogen and oxygen atoms in total. The van der Waals surface area contributed by atoms with Gasteiger partial charge in [0.1, 0.15) is 11.3 Å². The van der Waals surface area contributed by atoms with E-state index in [1.165, 1.54) is 11.3 Å². The van der Waals surface area contributed by atoms with Crippen LogP contribution >= 0.6 is 22.7 Å². The normalized spacial score (nSPS) is 11.5. The Morgan fingerprint density at radius 1 is 1.10 bits per heavy atom. The molecule has 0 aliphatic carbocycles. The monoisotopic (exact) mass is 440 g/mol. The molecule has 0 N–H and O–H groups in total. The molecule has 0 aliphatic rings. The van der Waals surface area contributed by atoms with Gasteiger partial charge in [0.25, 0.3) is 5.91 Å². The average Bonchev–Trinajstić information content (AvgIpc) is 3.42. The molecular formula is C22H24N4O2S2. The fourth-order valence-corrected chi connectivity index (χ4v) is 5.12. The molecular weight excluding hydrogens is 416 g/mol. The van der Waals surface area contributed by atoms with Gasteiger partial charge in [0.05, 0.1) is 27.5 Å². The maximum absolute atomic E-state index is 13.6. The largest absolute Gasteiger partial charge is 0.494 e. The van der Waals surface area contributed by atoms with Gasteiger partial charge in [0.2, 0.25) is 0 Å². The van der Waals surface area contributed by atoms with E-state index >= 15 is 0 Å². The Balaban J connectivity index is 1.72. The lowest BCUT2D eigenvalue weighted by Crippen LogP contribution is -2.38. The van der Waals surface area contributed by atoms with Crippen molar-refractivity contribution in [3.8, 4) is 5.75 Å². The molecule has 4 aromatic rings. The SMILES string of the molecule is CCN(CC)CCN(C(=O)c1ccc2ncsc2c1)c1nc2c(OC)cccc2s1. The van der Waals surface area contributed by atoms with Crippen molar-refractivity contribution in [1.29, 1.82) is 0 Å². The molecule has 4 rings (SSSR count). The zero-order valence-electron chi connectivity index (χ0n) is 17.3. The van der Waals surface area contributed by atoms with Crippen LogP contribution in [0.4, 0.5) is 5.13 Å². The van der Waals surface area contributed by atoms with E-state index in [1.54, 1.807) is 28.9 Å². The predicted octanol–water partition coefficient (Wildman–Crippen LogP) is 4.90. The molecule has 0 radical (unpaired) electrons. The Labute approximate surface area is 183 Å². The summed E-state index contributed by atoms with van der Waals surface area (Å²) in [6.07, 6.45) is 0. The van der Waals surface area contributed by atoms with Crippen LogP contribution in [0.2, 0.25) is 0 Å². The van der Waals surface area contributed by atoms with Crippen LogP contribution in [0.1, 0.15) is 24.2 Å². The van der Waals surface area contributed by atoms with E-state index in [4.69, 9.17) is 9.72 Å². The number of nitrogens with zero attached hydrogens (tertiary/aromatic N) is 4. The van der Waals surface area contributed by atoms with Crippen molar-refractivity contribution >= 4 is 54.1 Å². The maximum atomic E-state index is 13.6. The highest BCUT2D eigenvalue weighted by molar-refractivity contribution is 7.22. The van der Waals surface area contributed by atoms with E-state index in [0.29, 0.717) is 17.2 Å². The van der Waals surface area contributed by atoms with Crippen LogP contribution in [-0.4, -0.2) is 54.1 Å². The van der Waals surface area contributed by atoms with E-state index in [2.05, 4.69) is 23.7 Å². The molecule has 0 atom stereocenters. The van der Waals surface area contributed by atoms with Crippen molar-refractivity contribution < 1.29 is 9.53 Å². The number of thiazole rings is 2. The first kappa shape index (κ1) is 20.7. The van der Waals surface area contributed by atoms with Crippen LogP contribution in [0.5, 0.6) is 5.75 Å². The first-order chi connectivity index (χ1) is 14.6. The Morgan fingerprint density at radius 3 is 2.70 bits per heavy atom. The summed E-state index contributed by atoms with van der Waals surface area (Å²) in [5, 5.41) is 0.691. The summed E-state index contributed by atoms with van der Waals surface area (Å²) < 4.78 is 7.48. The lowest BCUT2D eigenvalue weighted by molar-refractivity contribution is 0.0984. The smallest absolute Gasteiger partial charge is 0.260 e. The molecule has 0 aliphatic heterocycles. The van der Waals surface area contributed by atoms with Crippen molar-refractivity contribution in [1.82, 2.24) is 14.9 Å². The average molecular weight is 441 g/mol. The number of likely N-dealkylation sites (N-methyl/N-ethyl adjacent to an activating group) is 1. The number of fused-ring (bicyclic) bond motifs is 2. The third-order valence-corrected chi connectivity index (χ3v) is 7.01. The Hall–Kier alpha value is -2.55. The molecule has 2 aromatic heterocycles. The molecule has 0 unspecified atom stereocenters. The summed E-state index contributed by atoms with van der Waals surface area (Å²) in [5.74, 6) is 0.674. The van der Waals surface area contributed by atoms with Crippen molar-refractivity contribution in [3.05, 3.63) is 47.5 Å². The number of anilines is 1. The van der Waals surface area contributed by atoms with Crippen LogP contribution in [-0.2, 0) is 0 Å². The summed E-state index contributed by atoms with van der Waals surface area (Å²) in [6.45, 7) is 7.52. The Bertz CT molecular complexity index is 1170. The fourth-order valence-electron chi connectivity index (χ4n) is 3.40. The summed E-state index contributed by atoms with van der Waals surface area (Å²) >= 11 is 3.06. The molecule has 0 bridgehead atoms. The van der Waals surface area contributed by atoms with Crippen molar-refractivity contribution in [2.75, 3.05) is 38.2 Å². The van der Waals surface area contributed by atoms with Crippen molar-refractivity contribution in [3.63, 3.8) is 0 Å². The first-order valence-electron chi connectivity index (χ1n) is 9.95. The minimum atomic E-state index is -0.0459. The maximum Gasteiger partial charge on any atom is 0.260 e. The summed E-state index contributed by atoms with van der Waals surface area (Å²) in [7, 11) is 1.64. The highest BCUT2D eigenvalue weighted by Crippen LogP contribution is 2.34. The van der Waals surface area contributed by atoms with Gasteiger partial charge in [-0.3, -0.25) is 9.69 Å². The standard InChI is InChI=1S/C22H24N4O2S2/c1-4-25(5-2)11-12-26(21(27)15-9-10-16-19(13-15)29-14-23-16)22-24-20-17(28-3)7-6-8-18(20)30-22/h6-10,13-14H,4-5,11-12H2,1-3H3. The molecule has 156 valence electrons. The summed E-state index contributed by atoms with van der Waals surface area (Å²) in [5.41, 5.74) is 4.16. The molecule has 1 amide bonds. The van der Waals surface area contributed by atoms with E-state index in [0.717, 1.165) is 45.8 Å². The quantitative estimate of drug-likeness (QED) is 0.390. The Morgan fingerprint density at radius 2 is 1.93 bits per heavy atom. The van der Waals surface area contributed by atoms with Crippen LogP contribution in [0.15, 0.2) is 41.9 Å². The second kappa shape index (κ2) is 9.07. The number of amides is 1. The van der Waals surface area contributed by atoms with Gasteiger partial charge in [-0.25, -0.2) is 9.97 Å². The number of ether oxygens (including phenoxy) is 1. The number of methoxy groups -OCH3 is 1. The van der Waals surface area contributed by atoms with Gasteiger partial charge in [-0.2, -0.15) is 0 Å². The molecule has 30 heavy (non-hydrogen) atoms. The molecule has 0 fully saturated rings. The third-order valence-electron chi connectivity index (χ3n) is 5.18. The van der Waals surface area contributed by atoms with E-state index in [9.17, 15) is 4.79 Å². The van der Waals surface area contributed by atoms with Crippen molar-refractivity contribution in [2.45, 2.75) is 13.8 Å². The molecule has 0 spiro atoms. The summed E-state index contributed by atoms with van der Waals surface area (Å²) in [4.78, 5) is 26.8. The minimum absolute atomic E-state index is 0.0459. The van der Waals surface area contributed by atoms with Gasteiger partial charge in [0.15, 0.2) is 5.13 Å². The lowest BCUT2D eigenvalue weighted by Gasteiger charge is -2.24. The first-order valence-corrected chi connectivity index (χ1v) is 11.6. The predicted molar refractivity (Wildman–Crippen MR) is 125 cm³/mol. The third kappa shape index (κ3) is 4.03. The number of hydrogen-bond acceptors (Lipinski definition) is 7. The second-order valence-electron chi connectivity index (χ2n) is 6.82. The fraction of sp³-hybridized carbons (Fsp3) is 0.318. The van der Waals surface area contributed by atoms with Gasteiger partial charge in [-0.15, -0.1) is 11.3 Å². The van der Waals surface area contributed by atoms with E-state index in [-0.39, 0.29) is 5.91 Å². The summed E-state index contributed by atoms with van der Waals surface area (Å²) in [6, 6.07) is 11.5. The highest BCUT2D eigenvalue weighted by atomic mass is 32.1. The van der Waals surface area contributed by atoms with Crippen LogP contribution in [0.3, 0.4) is 0 Å². The van der Waals surface area contributed by atoms with Crippen LogP contribution in [0.25, 0.3) is 20.4 Å². The lowest BCUT2D eigenvalue weighted by atomic mass is 10.2. The van der Waals surface area contributed by atoms with Gasteiger partial charge < -0.3 is 9.64 Å². The molecule has 2 aromatic carbocycles. The number of aromatic nitrogens is 2. The topological polar surface area (TPSA) is 58.6 Å². The number of carbonyl (C=O) groups excluding carboxylic acids is 1. The second-order valence-corrected chi connectivity index (χ2v) is 8.72. The van der Waals surface area contributed by atoms with Crippen LogP contribution < -0.4 is 9.64 Å². The number of carbonyl (C=O) groups is 1. The minimum Gasteiger partial charge on any atom is -0.494 e. The van der Waals surface area contributed by atoms with E-state index in [1.807, 2.05) is 36.4 Å². The molecule has 0 saturated carbocycles. The highest BCUT2D eigenvalue weighted by Gasteiger charge is 2.23. The molecule has 8 heteroatoms. The Kier molecular flexibility index (Phi) is 6.26. The van der Waals surface area contributed by atoms with Crippen LogP contribution in [0, 0.1) is 0 Å². The van der Waals surface area contributed by atoms with Gasteiger partial charge >= 0.3 is 0 Å². The number of para-hydroxylation sites is 1. The number of hydrogen-bond donors (Lipinski definition) is 0. The zero-order chi connectivity index (χ0) is 21.1. The van der Waals surface area contributed by atoms with E-state index < -0.39 is 0 Å². The van der Waals surface area contributed by atoms with Crippen molar-refractivity contribution in [2.24, 2.45) is 0 Å². The number of rotatable bonds is 8. The molecule has 2 heterocycles.